The van der Waals surface area contributed by atoms with Gasteiger partial charge in [-0.15, -0.1) is 0 Å². The molecular formula is C26H34N4O2. The Balaban J connectivity index is 1.11. The zero-order valence-corrected chi connectivity index (χ0v) is 19.0. The number of anilines is 2. The molecule has 3 atom stereocenters. The van der Waals surface area contributed by atoms with Crippen LogP contribution in [0.5, 0.6) is 0 Å². The molecule has 170 valence electrons. The molecule has 0 saturated carbocycles. The van der Waals surface area contributed by atoms with Crippen LogP contribution in [-0.4, -0.2) is 62.8 Å². The summed E-state index contributed by atoms with van der Waals surface area (Å²) < 4.78 is 6.15. The molecule has 0 aromatic heterocycles. The summed E-state index contributed by atoms with van der Waals surface area (Å²) in [4.78, 5) is 19.0. The quantitative estimate of drug-likeness (QED) is 0.755. The highest BCUT2D eigenvalue weighted by Crippen LogP contribution is 2.35. The molecule has 32 heavy (non-hydrogen) atoms. The minimum atomic E-state index is 0.0921. The highest BCUT2D eigenvalue weighted by atomic mass is 16.5. The van der Waals surface area contributed by atoms with E-state index in [2.05, 4.69) is 63.6 Å². The standard InChI is InChI=1S/C26H34N4O2/c1-2-27-26(31)30-16-21-14-29(15-22(21)17-30)24-10-8-23(9-11-24)28-13-12-25(18-28)32-19-20-6-4-3-5-7-20/h3-11,21-22,25H,2,12-19H2,1H3,(H,27,31). The van der Waals surface area contributed by atoms with Crippen LogP contribution in [0.1, 0.15) is 18.9 Å². The fourth-order valence-electron chi connectivity index (χ4n) is 5.39. The Morgan fingerprint density at radius 1 is 0.906 bits per heavy atom. The Hall–Kier alpha value is -2.73. The third-order valence-corrected chi connectivity index (χ3v) is 7.16. The first-order chi connectivity index (χ1) is 15.7. The van der Waals surface area contributed by atoms with Crippen LogP contribution >= 0.6 is 0 Å². The Bertz CT molecular complexity index is 890. The van der Waals surface area contributed by atoms with Crippen molar-refractivity contribution >= 4 is 17.4 Å². The number of rotatable bonds is 6. The van der Waals surface area contributed by atoms with E-state index < -0.39 is 0 Å². The normalized spacial score (nSPS) is 24.8. The third kappa shape index (κ3) is 4.56. The van der Waals surface area contributed by atoms with Gasteiger partial charge >= 0.3 is 6.03 Å². The van der Waals surface area contributed by atoms with Gasteiger partial charge in [-0.2, -0.15) is 0 Å². The number of carbonyl (C=O) groups is 1. The number of likely N-dealkylation sites (tertiary alicyclic amines) is 1. The lowest BCUT2D eigenvalue weighted by Crippen LogP contribution is -2.40. The van der Waals surface area contributed by atoms with Crippen LogP contribution in [0, 0.1) is 11.8 Å². The lowest BCUT2D eigenvalue weighted by atomic mass is 10.0. The highest BCUT2D eigenvalue weighted by Gasteiger charge is 2.41. The number of ether oxygens (including phenoxy) is 1. The molecule has 1 N–H and O–H groups in total. The van der Waals surface area contributed by atoms with E-state index in [0.717, 1.165) is 45.7 Å². The van der Waals surface area contributed by atoms with E-state index in [1.807, 2.05) is 17.9 Å². The predicted molar refractivity (Wildman–Crippen MR) is 128 cm³/mol. The van der Waals surface area contributed by atoms with E-state index in [1.54, 1.807) is 0 Å². The second-order valence-electron chi connectivity index (χ2n) is 9.34. The van der Waals surface area contributed by atoms with Gasteiger partial charge in [-0.05, 0) is 43.2 Å². The molecule has 3 unspecified atom stereocenters. The van der Waals surface area contributed by atoms with E-state index in [4.69, 9.17) is 4.74 Å². The Morgan fingerprint density at radius 3 is 2.22 bits per heavy atom. The van der Waals surface area contributed by atoms with Crippen molar-refractivity contribution in [3.05, 3.63) is 60.2 Å². The van der Waals surface area contributed by atoms with Crippen molar-refractivity contribution in [2.75, 3.05) is 55.6 Å². The molecule has 6 heteroatoms. The fourth-order valence-corrected chi connectivity index (χ4v) is 5.39. The molecule has 6 nitrogen and oxygen atoms in total. The van der Waals surface area contributed by atoms with Gasteiger partial charge in [0.25, 0.3) is 0 Å². The molecule has 3 fully saturated rings. The van der Waals surface area contributed by atoms with E-state index in [0.29, 0.717) is 31.1 Å². The summed E-state index contributed by atoms with van der Waals surface area (Å²) in [6.07, 6.45) is 1.37. The van der Waals surface area contributed by atoms with Crippen LogP contribution in [-0.2, 0) is 11.3 Å². The maximum absolute atomic E-state index is 12.1. The monoisotopic (exact) mass is 434 g/mol. The second-order valence-corrected chi connectivity index (χ2v) is 9.34. The van der Waals surface area contributed by atoms with Gasteiger partial charge in [0.2, 0.25) is 0 Å². The minimum absolute atomic E-state index is 0.0921. The van der Waals surface area contributed by atoms with Crippen LogP contribution in [0.25, 0.3) is 0 Å². The van der Waals surface area contributed by atoms with Crippen LogP contribution in [0.15, 0.2) is 54.6 Å². The summed E-state index contributed by atoms with van der Waals surface area (Å²) in [7, 11) is 0. The van der Waals surface area contributed by atoms with Gasteiger partial charge < -0.3 is 24.8 Å². The highest BCUT2D eigenvalue weighted by molar-refractivity contribution is 5.74. The van der Waals surface area contributed by atoms with Crippen molar-refractivity contribution in [2.24, 2.45) is 11.8 Å². The van der Waals surface area contributed by atoms with Crippen molar-refractivity contribution in [1.29, 1.82) is 0 Å². The number of benzene rings is 2. The average molecular weight is 435 g/mol. The lowest BCUT2D eigenvalue weighted by molar-refractivity contribution is 0.0553. The molecule has 2 aromatic carbocycles. The summed E-state index contributed by atoms with van der Waals surface area (Å²) in [5, 5.41) is 2.93. The van der Waals surface area contributed by atoms with Gasteiger partial charge in [0.05, 0.1) is 12.7 Å². The SMILES string of the molecule is CCNC(=O)N1CC2CN(c3ccc(N4CCC(OCc5ccccc5)C4)cc3)CC2C1. The van der Waals surface area contributed by atoms with E-state index in [9.17, 15) is 4.79 Å². The Morgan fingerprint density at radius 2 is 1.56 bits per heavy atom. The molecular weight excluding hydrogens is 400 g/mol. The average Bonchev–Trinajstić information content (AvgIpc) is 3.54. The number of urea groups is 1. The fraction of sp³-hybridized carbons (Fsp3) is 0.500. The number of nitrogens with zero attached hydrogens (tertiary/aromatic N) is 3. The maximum Gasteiger partial charge on any atom is 0.317 e. The first kappa shape index (κ1) is 21.1. The van der Waals surface area contributed by atoms with Crippen molar-refractivity contribution in [2.45, 2.75) is 26.1 Å². The zero-order chi connectivity index (χ0) is 21.9. The minimum Gasteiger partial charge on any atom is -0.372 e. The number of carbonyl (C=O) groups excluding carboxylic acids is 1. The predicted octanol–water partition coefficient (Wildman–Crippen LogP) is 3.58. The lowest BCUT2D eigenvalue weighted by Gasteiger charge is -2.24. The first-order valence-electron chi connectivity index (χ1n) is 12.0. The van der Waals surface area contributed by atoms with Gasteiger partial charge in [0.15, 0.2) is 0 Å². The molecule has 2 amide bonds. The number of amides is 2. The van der Waals surface area contributed by atoms with Gasteiger partial charge in [-0.3, -0.25) is 0 Å². The summed E-state index contributed by atoms with van der Waals surface area (Å²) in [5.41, 5.74) is 3.81. The molecule has 0 aliphatic carbocycles. The van der Waals surface area contributed by atoms with Crippen molar-refractivity contribution in [3.63, 3.8) is 0 Å². The number of fused-ring (bicyclic) bond motifs is 1. The molecule has 2 aromatic rings. The van der Waals surface area contributed by atoms with Crippen LogP contribution in [0.4, 0.5) is 16.2 Å². The number of hydrogen-bond donors (Lipinski definition) is 1. The van der Waals surface area contributed by atoms with E-state index in [-0.39, 0.29) is 6.03 Å². The molecule has 5 rings (SSSR count). The number of nitrogens with one attached hydrogen (secondary N) is 1. The third-order valence-electron chi connectivity index (χ3n) is 7.16. The molecule has 3 aliphatic rings. The molecule has 3 heterocycles. The van der Waals surface area contributed by atoms with Crippen molar-refractivity contribution in [3.8, 4) is 0 Å². The van der Waals surface area contributed by atoms with Gasteiger partial charge in [-0.25, -0.2) is 4.79 Å². The Labute approximate surface area is 191 Å². The summed E-state index contributed by atoms with van der Waals surface area (Å²) in [6, 6.07) is 19.5. The molecule has 0 radical (unpaired) electrons. The molecule has 0 spiro atoms. The number of hydrogen-bond acceptors (Lipinski definition) is 4. The molecule has 0 bridgehead atoms. The molecule has 3 aliphatic heterocycles. The molecule has 3 saturated heterocycles. The van der Waals surface area contributed by atoms with Gasteiger partial charge in [0, 0.05) is 69.0 Å². The first-order valence-corrected chi connectivity index (χ1v) is 12.0. The zero-order valence-electron chi connectivity index (χ0n) is 19.0. The summed E-state index contributed by atoms with van der Waals surface area (Å²) in [5.74, 6) is 1.16. The summed E-state index contributed by atoms with van der Waals surface area (Å²) in [6.45, 7) is 9.19. The van der Waals surface area contributed by atoms with E-state index in [1.165, 1.54) is 16.9 Å². The smallest absolute Gasteiger partial charge is 0.317 e. The van der Waals surface area contributed by atoms with Gasteiger partial charge in [0.1, 0.15) is 0 Å². The maximum atomic E-state index is 12.1. The van der Waals surface area contributed by atoms with E-state index >= 15 is 0 Å². The van der Waals surface area contributed by atoms with Crippen molar-refractivity contribution in [1.82, 2.24) is 10.2 Å². The second kappa shape index (κ2) is 9.41. The van der Waals surface area contributed by atoms with Crippen molar-refractivity contribution < 1.29 is 9.53 Å². The Kier molecular flexibility index (Phi) is 6.21. The van der Waals surface area contributed by atoms with Crippen LogP contribution in [0.2, 0.25) is 0 Å². The summed E-state index contributed by atoms with van der Waals surface area (Å²) >= 11 is 0. The van der Waals surface area contributed by atoms with Crippen LogP contribution in [0.3, 0.4) is 0 Å². The van der Waals surface area contributed by atoms with Crippen LogP contribution < -0.4 is 15.1 Å². The van der Waals surface area contributed by atoms with Gasteiger partial charge in [-0.1, -0.05) is 30.3 Å². The topological polar surface area (TPSA) is 48.1 Å². The largest absolute Gasteiger partial charge is 0.372 e.